The molecule has 0 saturated carbocycles. The molecule has 0 radical (unpaired) electrons. The molecule has 10 N–H and O–H groups in total. The average molecular weight is 735 g/mol. The highest BCUT2D eigenvalue weighted by Crippen LogP contribution is 2.26. The standard InChI is InChI=1S/C37H49ClN10O2.H2S/c1-48(2)22-10-4-3-5-11-24-15-19-27(20-16-24)44-35(49)30(39)23-26-18-17-25(28-13-6-7-14-29(26)28)12-8-9-21-43-37(42)47-36(50)31-33(40)46-34(41)32(38)45-31;/h6-7,13-20,30H,3-5,8-12,21-23,39H2,1-2H3,(H,44,49)(H4,40,41,46)(H3,42,43,47,50);1H2/t30-;/m0./s1. The first-order chi connectivity index (χ1) is 24.0. The molecule has 4 aromatic rings. The number of amides is 2. The van der Waals surface area contributed by atoms with Gasteiger partial charge in [-0.05, 0) is 105 Å². The Morgan fingerprint density at radius 3 is 2.20 bits per heavy atom. The minimum atomic E-state index is -0.699. The Morgan fingerprint density at radius 2 is 1.49 bits per heavy atom. The Hall–Kier alpha value is -4.43. The van der Waals surface area contributed by atoms with E-state index >= 15 is 0 Å². The zero-order chi connectivity index (χ0) is 36.0. The third-order valence-electron chi connectivity index (χ3n) is 8.42. The Labute approximate surface area is 312 Å². The predicted molar refractivity (Wildman–Crippen MR) is 215 cm³/mol. The Morgan fingerprint density at radius 1 is 0.843 bits per heavy atom. The van der Waals surface area contributed by atoms with Gasteiger partial charge in [-0.25, -0.2) is 9.97 Å². The molecule has 4 rings (SSSR count). The number of hydrogen-bond donors (Lipinski definition) is 6. The van der Waals surface area contributed by atoms with E-state index in [0.29, 0.717) is 13.0 Å². The molecule has 1 heterocycles. The zero-order valence-electron chi connectivity index (χ0n) is 29.4. The van der Waals surface area contributed by atoms with E-state index < -0.39 is 11.9 Å². The van der Waals surface area contributed by atoms with Gasteiger partial charge in [-0.15, -0.1) is 0 Å². The second-order valence-electron chi connectivity index (χ2n) is 12.7. The van der Waals surface area contributed by atoms with Crippen molar-refractivity contribution in [2.45, 2.75) is 63.8 Å². The number of guanidine groups is 1. The van der Waals surface area contributed by atoms with Crippen LogP contribution in [0.25, 0.3) is 10.8 Å². The monoisotopic (exact) mass is 734 g/mol. The predicted octanol–water partition coefficient (Wildman–Crippen LogP) is 4.80. The largest absolute Gasteiger partial charge is 0.382 e. The Balaban J connectivity index is 0.00000702. The van der Waals surface area contributed by atoms with Gasteiger partial charge < -0.3 is 33.2 Å². The number of halogens is 1. The molecule has 0 spiro atoms. The summed E-state index contributed by atoms with van der Waals surface area (Å²) in [7, 11) is 4.22. The van der Waals surface area contributed by atoms with Crippen LogP contribution in [0.2, 0.25) is 5.15 Å². The van der Waals surface area contributed by atoms with Crippen LogP contribution >= 0.6 is 25.1 Å². The van der Waals surface area contributed by atoms with Crippen molar-refractivity contribution in [2.24, 2.45) is 16.5 Å². The maximum Gasteiger partial charge on any atom is 0.280 e. The third kappa shape index (κ3) is 12.7. The van der Waals surface area contributed by atoms with E-state index in [2.05, 4.69) is 81.0 Å². The molecule has 12 nitrogen and oxygen atoms in total. The molecule has 0 saturated heterocycles. The van der Waals surface area contributed by atoms with Gasteiger partial charge in [0.1, 0.15) is 0 Å². The number of aliphatic imine (C=N–C) groups is 1. The summed E-state index contributed by atoms with van der Waals surface area (Å²) in [5.41, 5.74) is 27.6. The van der Waals surface area contributed by atoms with Crippen LogP contribution in [0.15, 0.2) is 65.7 Å². The average Bonchev–Trinajstić information content (AvgIpc) is 3.09. The summed E-state index contributed by atoms with van der Waals surface area (Å²) < 4.78 is 0. The number of fused-ring (bicyclic) bond motifs is 1. The van der Waals surface area contributed by atoms with Crippen LogP contribution in [0.1, 0.15) is 65.7 Å². The van der Waals surface area contributed by atoms with E-state index in [-0.39, 0.29) is 47.8 Å². The van der Waals surface area contributed by atoms with Crippen LogP contribution in [-0.2, 0) is 24.1 Å². The Kier molecular flexibility index (Phi) is 16.4. The lowest BCUT2D eigenvalue weighted by atomic mass is 9.93. The van der Waals surface area contributed by atoms with Crippen molar-refractivity contribution >= 4 is 71.0 Å². The van der Waals surface area contributed by atoms with Crippen LogP contribution < -0.4 is 33.6 Å². The lowest BCUT2D eigenvalue weighted by Gasteiger charge is -2.16. The SMILES string of the molecule is CN(C)CCCCCCc1ccc(NC(=O)[C@@H](N)Cc2ccc(CCCCN=C(N)NC(=O)c3nc(Cl)c(N)nc3N)c3ccccc23)cc1.S. The summed E-state index contributed by atoms with van der Waals surface area (Å²) in [4.78, 5) is 39.6. The van der Waals surface area contributed by atoms with Crippen molar-refractivity contribution in [2.75, 3.05) is 44.0 Å². The molecule has 1 atom stereocenters. The maximum atomic E-state index is 13.0. The van der Waals surface area contributed by atoms with Crippen LogP contribution in [0, 0.1) is 0 Å². The van der Waals surface area contributed by atoms with Crippen molar-refractivity contribution in [3.05, 3.63) is 88.2 Å². The summed E-state index contributed by atoms with van der Waals surface area (Å²) in [5, 5.41) is 7.50. The molecule has 0 aliphatic carbocycles. The topological polar surface area (TPSA) is 204 Å². The van der Waals surface area contributed by atoms with Gasteiger partial charge in [-0.3, -0.25) is 19.9 Å². The fourth-order valence-corrected chi connectivity index (χ4v) is 5.83. The van der Waals surface area contributed by atoms with E-state index in [9.17, 15) is 9.59 Å². The first-order valence-electron chi connectivity index (χ1n) is 17.0. The van der Waals surface area contributed by atoms with Crippen LogP contribution in [0.5, 0.6) is 0 Å². The number of aryl methyl sites for hydroxylation is 2. The number of nitrogens with two attached hydrogens (primary N) is 4. The molecule has 0 aliphatic rings. The second-order valence-corrected chi connectivity index (χ2v) is 13.1. The lowest BCUT2D eigenvalue weighted by molar-refractivity contribution is -0.117. The fourth-order valence-electron chi connectivity index (χ4n) is 5.70. The number of hydrogen-bond acceptors (Lipinski definition) is 9. The number of carbonyl (C=O) groups excluding carboxylic acids is 2. The van der Waals surface area contributed by atoms with Crippen molar-refractivity contribution in [1.29, 1.82) is 0 Å². The molecule has 51 heavy (non-hydrogen) atoms. The van der Waals surface area contributed by atoms with E-state index in [4.69, 9.17) is 34.5 Å². The summed E-state index contributed by atoms with van der Waals surface area (Å²) in [6.45, 7) is 1.55. The molecule has 274 valence electrons. The van der Waals surface area contributed by atoms with Crippen LogP contribution in [0.3, 0.4) is 0 Å². The first kappa shape index (κ1) is 41.0. The number of benzene rings is 3. The normalized spacial score (nSPS) is 12.1. The van der Waals surface area contributed by atoms with Crippen molar-refractivity contribution < 1.29 is 9.59 Å². The highest BCUT2D eigenvalue weighted by atomic mass is 35.5. The molecule has 1 aromatic heterocycles. The highest BCUT2D eigenvalue weighted by molar-refractivity contribution is 7.59. The van der Waals surface area contributed by atoms with Crippen molar-refractivity contribution in [3.8, 4) is 0 Å². The minimum absolute atomic E-state index is 0. The second kappa shape index (κ2) is 20.4. The third-order valence-corrected chi connectivity index (χ3v) is 8.70. The number of nitrogens with zero attached hydrogens (tertiary/aromatic N) is 4. The number of unbranched alkanes of at least 4 members (excludes halogenated alkanes) is 4. The van der Waals surface area contributed by atoms with Crippen molar-refractivity contribution in [3.63, 3.8) is 0 Å². The smallest absolute Gasteiger partial charge is 0.280 e. The number of carbonyl (C=O) groups is 2. The number of nitrogen functional groups attached to an aromatic ring is 2. The molecule has 0 aliphatic heterocycles. The molecule has 0 fully saturated rings. The van der Waals surface area contributed by atoms with Gasteiger partial charge >= 0.3 is 0 Å². The summed E-state index contributed by atoms with van der Waals surface area (Å²) >= 11 is 5.85. The van der Waals surface area contributed by atoms with E-state index in [1.807, 2.05) is 24.3 Å². The van der Waals surface area contributed by atoms with Crippen LogP contribution in [0.4, 0.5) is 17.3 Å². The van der Waals surface area contributed by atoms with Gasteiger partial charge in [-0.2, -0.15) is 13.5 Å². The summed E-state index contributed by atoms with van der Waals surface area (Å²) in [5.74, 6) is -1.18. The fraction of sp³-hybridized carbons (Fsp3) is 0.378. The van der Waals surface area contributed by atoms with Gasteiger partial charge in [0.25, 0.3) is 5.91 Å². The number of rotatable bonds is 17. The van der Waals surface area contributed by atoms with E-state index in [0.717, 1.165) is 60.7 Å². The molecular weight excluding hydrogens is 684 g/mol. The van der Waals surface area contributed by atoms with Gasteiger partial charge in [0, 0.05) is 12.2 Å². The minimum Gasteiger partial charge on any atom is -0.382 e. The molecule has 0 unspecified atom stereocenters. The van der Waals surface area contributed by atoms with Crippen molar-refractivity contribution in [1.82, 2.24) is 20.2 Å². The van der Waals surface area contributed by atoms with Gasteiger partial charge in [-0.1, -0.05) is 73.0 Å². The molecular formula is C37H51ClN10O2S. The summed E-state index contributed by atoms with van der Waals surface area (Å²) in [6, 6.07) is 19.7. The van der Waals surface area contributed by atoms with Gasteiger partial charge in [0.05, 0.1) is 6.04 Å². The molecule has 3 aromatic carbocycles. The number of aromatic nitrogens is 2. The lowest BCUT2D eigenvalue weighted by Crippen LogP contribution is -2.38. The van der Waals surface area contributed by atoms with E-state index in [1.54, 1.807) is 0 Å². The van der Waals surface area contributed by atoms with Gasteiger partial charge in [0.2, 0.25) is 5.91 Å². The maximum absolute atomic E-state index is 13.0. The summed E-state index contributed by atoms with van der Waals surface area (Å²) in [6.07, 6.45) is 8.72. The van der Waals surface area contributed by atoms with Crippen LogP contribution in [-0.4, -0.2) is 65.9 Å². The molecule has 2 amide bonds. The quantitative estimate of drug-likeness (QED) is 0.0500. The molecule has 14 heteroatoms. The Bertz CT molecular complexity index is 1790. The highest BCUT2D eigenvalue weighted by Gasteiger charge is 2.18. The van der Waals surface area contributed by atoms with Gasteiger partial charge in [0.15, 0.2) is 28.4 Å². The zero-order valence-corrected chi connectivity index (χ0v) is 31.2. The number of nitrogens with one attached hydrogen (secondary N) is 2. The number of anilines is 3. The molecule has 0 bridgehead atoms. The van der Waals surface area contributed by atoms with E-state index in [1.165, 1.54) is 30.4 Å². The first-order valence-corrected chi connectivity index (χ1v) is 17.4.